The molecule has 32 heavy (non-hydrogen) atoms. The third-order valence-corrected chi connectivity index (χ3v) is 6.08. The fourth-order valence-corrected chi connectivity index (χ4v) is 4.45. The molecule has 0 bridgehead atoms. The first kappa shape index (κ1) is 23.4. The third-order valence-electron chi connectivity index (χ3n) is 4.71. The van der Waals surface area contributed by atoms with E-state index in [0.29, 0.717) is 16.3 Å². The van der Waals surface area contributed by atoms with Gasteiger partial charge in [0.25, 0.3) is 0 Å². The van der Waals surface area contributed by atoms with Gasteiger partial charge in [0, 0.05) is 16.6 Å². The van der Waals surface area contributed by atoms with Crippen molar-refractivity contribution in [3.63, 3.8) is 0 Å². The zero-order valence-electron chi connectivity index (χ0n) is 17.1. The van der Waals surface area contributed by atoms with E-state index in [1.54, 1.807) is 55.5 Å². The van der Waals surface area contributed by atoms with Crippen LogP contribution in [0.5, 0.6) is 0 Å². The van der Waals surface area contributed by atoms with Crippen molar-refractivity contribution < 1.29 is 19.1 Å². The normalized spacial score (nSPS) is 17.8. The van der Waals surface area contributed by atoms with E-state index in [9.17, 15) is 19.6 Å². The zero-order valence-corrected chi connectivity index (χ0v) is 18.7. The maximum Gasteiger partial charge on any atom is 0.319 e. The Morgan fingerprint density at radius 3 is 2.53 bits per heavy atom. The number of para-hydroxylation sites is 1. The van der Waals surface area contributed by atoms with E-state index >= 15 is 0 Å². The molecule has 9 heteroatoms. The summed E-state index contributed by atoms with van der Waals surface area (Å²) in [6.45, 7) is 1.72. The lowest BCUT2D eigenvalue weighted by Gasteiger charge is -2.31. The molecule has 0 radical (unpaired) electrons. The number of carbonyl (C=O) groups is 3. The molecule has 0 aliphatic carbocycles. The van der Waals surface area contributed by atoms with E-state index in [1.807, 2.05) is 6.07 Å². The summed E-state index contributed by atoms with van der Waals surface area (Å²) in [5.41, 5.74) is 1.25. The second-order valence-corrected chi connectivity index (χ2v) is 8.17. The minimum absolute atomic E-state index is 0.0466. The first-order valence-electron chi connectivity index (χ1n) is 9.80. The molecule has 2 aromatic carbocycles. The fourth-order valence-electron chi connectivity index (χ4n) is 3.34. The molecule has 2 aromatic rings. The monoisotopic (exact) mass is 469 g/mol. The molecule has 7 nitrogen and oxygen atoms in total. The van der Waals surface area contributed by atoms with Gasteiger partial charge in [0.2, 0.25) is 11.8 Å². The highest BCUT2D eigenvalue weighted by atomic mass is 35.5. The van der Waals surface area contributed by atoms with Crippen LogP contribution in [0.4, 0.5) is 5.69 Å². The van der Waals surface area contributed by atoms with Crippen molar-refractivity contribution >= 4 is 46.8 Å². The Morgan fingerprint density at radius 2 is 1.88 bits per heavy atom. The maximum absolute atomic E-state index is 12.9. The summed E-state index contributed by atoms with van der Waals surface area (Å²) in [5, 5.41) is 15.8. The number of ether oxygens (including phenoxy) is 1. The molecule has 2 N–H and O–H groups in total. The lowest BCUT2D eigenvalue weighted by molar-refractivity contribution is -0.152. The fraction of sp³-hybridized carbons (Fsp3) is 0.217. The van der Waals surface area contributed by atoms with Gasteiger partial charge in [0.15, 0.2) is 0 Å². The van der Waals surface area contributed by atoms with Crippen LogP contribution >= 0.6 is 23.4 Å². The second-order valence-electron chi connectivity index (χ2n) is 6.78. The molecule has 1 aliphatic rings. The van der Waals surface area contributed by atoms with Crippen LogP contribution in [0.2, 0.25) is 5.02 Å². The van der Waals surface area contributed by atoms with Crippen molar-refractivity contribution in [2.75, 3.05) is 17.7 Å². The van der Waals surface area contributed by atoms with Crippen molar-refractivity contribution in [2.45, 2.75) is 12.8 Å². The van der Waals surface area contributed by atoms with Crippen LogP contribution in [0, 0.1) is 17.2 Å². The molecule has 1 heterocycles. The zero-order chi connectivity index (χ0) is 23.1. The molecule has 0 saturated heterocycles. The summed E-state index contributed by atoms with van der Waals surface area (Å²) in [6.07, 6.45) is 0. The highest BCUT2D eigenvalue weighted by Crippen LogP contribution is 2.42. The van der Waals surface area contributed by atoms with Crippen molar-refractivity contribution in [3.8, 4) is 6.07 Å². The molecule has 0 spiro atoms. The van der Waals surface area contributed by atoms with Gasteiger partial charge in [0.1, 0.15) is 5.92 Å². The number of rotatable bonds is 7. The minimum Gasteiger partial charge on any atom is -0.465 e. The molecule has 1 aliphatic heterocycles. The van der Waals surface area contributed by atoms with Crippen molar-refractivity contribution in [3.05, 3.63) is 75.8 Å². The highest BCUT2D eigenvalue weighted by molar-refractivity contribution is 8.03. The van der Waals surface area contributed by atoms with Gasteiger partial charge in [-0.3, -0.25) is 14.4 Å². The number of allylic oxidation sites excluding steroid dienone is 1. The third kappa shape index (κ3) is 5.31. The SMILES string of the molecule is CCOC(=O)[C@H]1C(=O)NC(SCC(=O)Nc2ccccc2)=C(C#N)[C@H]1c1ccccc1Cl. The molecule has 0 aromatic heterocycles. The Kier molecular flexibility index (Phi) is 7.92. The van der Waals surface area contributed by atoms with Crippen LogP contribution in [0.25, 0.3) is 0 Å². The van der Waals surface area contributed by atoms with Crippen LogP contribution < -0.4 is 10.6 Å². The molecular formula is C23H20ClN3O4S. The molecule has 0 fully saturated rings. The van der Waals surface area contributed by atoms with E-state index in [2.05, 4.69) is 16.7 Å². The van der Waals surface area contributed by atoms with Gasteiger partial charge in [-0.25, -0.2) is 0 Å². The average molecular weight is 470 g/mol. The predicted molar refractivity (Wildman–Crippen MR) is 123 cm³/mol. The van der Waals surface area contributed by atoms with Gasteiger partial charge in [-0.05, 0) is 30.7 Å². The number of benzene rings is 2. The average Bonchev–Trinajstić information content (AvgIpc) is 2.78. The summed E-state index contributed by atoms with van der Waals surface area (Å²) in [7, 11) is 0. The summed E-state index contributed by atoms with van der Waals surface area (Å²) < 4.78 is 5.09. The van der Waals surface area contributed by atoms with Crippen molar-refractivity contribution in [1.29, 1.82) is 5.26 Å². The Hall–Kier alpha value is -3.28. The quantitative estimate of drug-likeness (QED) is 0.471. The standard InChI is InChI=1S/C23H20ClN3O4S/c1-2-31-23(30)20-19(15-10-6-7-11-17(15)24)16(12-25)22(27-21(20)29)32-13-18(28)26-14-8-4-3-5-9-14/h3-11,19-20H,2,13H2,1H3,(H,26,28)(H,27,29)/t19-,20-/m1/s1. The van der Waals surface area contributed by atoms with Gasteiger partial charge in [-0.15, -0.1) is 0 Å². The molecular weight excluding hydrogens is 450 g/mol. The van der Waals surface area contributed by atoms with Crippen LogP contribution in [0.3, 0.4) is 0 Å². The molecule has 0 saturated carbocycles. The van der Waals surface area contributed by atoms with Gasteiger partial charge in [0.05, 0.1) is 29.0 Å². The number of nitriles is 1. The molecule has 0 unspecified atom stereocenters. The first-order chi connectivity index (χ1) is 15.5. The summed E-state index contributed by atoms with van der Waals surface area (Å²) in [5.74, 6) is -3.91. The summed E-state index contributed by atoms with van der Waals surface area (Å²) >= 11 is 7.36. The summed E-state index contributed by atoms with van der Waals surface area (Å²) in [4.78, 5) is 37.9. The number of amides is 2. The molecule has 3 rings (SSSR count). The first-order valence-corrected chi connectivity index (χ1v) is 11.2. The van der Waals surface area contributed by atoms with Crippen LogP contribution in [0.15, 0.2) is 65.2 Å². The van der Waals surface area contributed by atoms with Crippen molar-refractivity contribution in [2.24, 2.45) is 5.92 Å². The lowest BCUT2D eigenvalue weighted by Crippen LogP contribution is -2.44. The van der Waals surface area contributed by atoms with Crippen molar-refractivity contribution in [1.82, 2.24) is 5.32 Å². The predicted octanol–water partition coefficient (Wildman–Crippen LogP) is 3.84. The Balaban J connectivity index is 1.92. The van der Waals surface area contributed by atoms with Gasteiger partial charge in [-0.1, -0.05) is 59.8 Å². The van der Waals surface area contributed by atoms with Gasteiger partial charge < -0.3 is 15.4 Å². The Morgan fingerprint density at radius 1 is 1.19 bits per heavy atom. The number of thioether (sulfide) groups is 1. The van der Waals surface area contributed by atoms with Crippen LogP contribution in [0.1, 0.15) is 18.4 Å². The number of hydrogen-bond acceptors (Lipinski definition) is 6. The minimum atomic E-state index is -1.27. The van der Waals surface area contributed by atoms with E-state index in [1.165, 1.54) is 0 Å². The largest absolute Gasteiger partial charge is 0.465 e. The Labute approximate surface area is 194 Å². The van der Waals surface area contributed by atoms with Crippen LogP contribution in [-0.2, 0) is 19.1 Å². The number of carbonyl (C=O) groups excluding carboxylic acids is 3. The number of anilines is 1. The summed E-state index contributed by atoms with van der Waals surface area (Å²) in [6, 6.07) is 17.7. The number of nitrogens with zero attached hydrogens (tertiary/aromatic N) is 1. The van der Waals surface area contributed by atoms with Gasteiger partial charge >= 0.3 is 5.97 Å². The molecule has 2 atom stereocenters. The smallest absolute Gasteiger partial charge is 0.319 e. The number of hydrogen-bond donors (Lipinski definition) is 2. The van der Waals surface area contributed by atoms with Crippen LogP contribution in [-0.4, -0.2) is 30.1 Å². The lowest BCUT2D eigenvalue weighted by atomic mass is 9.78. The number of nitrogens with one attached hydrogen (secondary N) is 2. The van der Waals surface area contributed by atoms with E-state index in [4.69, 9.17) is 16.3 Å². The second kappa shape index (κ2) is 10.8. The van der Waals surface area contributed by atoms with E-state index in [-0.39, 0.29) is 28.9 Å². The molecule has 164 valence electrons. The topological polar surface area (TPSA) is 108 Å². The van der Waals surface area contributed by atoms with E-state index in [0.717, 1.165) is 11.8 Å². The number of esters is 1. The van der Waals surface area contributed by atoms with E-state index < -0.39 is 23.7 Å². The Bertz CT molecular complexity index is 1100. The maximum atomic E-state index is 12.9. The molecule has 2 amide bonds. The highest BCUT2D eigenvalue weighted by Gasteiger charge is 2.45. The van der Waals surface area contributed by atoms with Gasteiger partial charge in [-0.2, -0.15) is 5.26 Å². The number of halogens is 1.